The number of carbonyl (C=O) groups excluding carboxylic acids is 3. The molecule has 1 aromatic heterocycles. The molecule has 0 radical (unpaired) electrons. The van der Waals surface area contributed by atoms with Gasteiger partial charge in [-0.2, -0.15) is 0 Å². The molecule has 4 rings (SSSR count). The fourth-order valence-corrected chi connectivity index (χ4v) is 4.50. The van der Waals surface area contributed by atoms with Crippen LogP contribution < -0.4 is 0 Å². The summed E-state index contributed by atoms with van der Waals surface area (Å²) >= 11 is 0. The Labute approximate surface area is 192 Å². The first-order valence-electron chi connectivity index (χ1n) is 11.2. The molecule has 2 aromatic rings. The third kappa shape index (κ3) is 4.57. The van der Waals surface area contributed by atoms with Crippen LogP contribution in [0.15, 0.2) is 52.1 Å². The molecule has 1 fully saturated rings. The molecule has 2 aliphatic rings. The average molecular weight is 453 g/mol. The number of benzene rings is 1. The van der Waals surface area contributed by atoms with Crippen LogP contribution in [0.2, 0.25) is 0 Å². The number of methoxy groups -OCH3 is 1. The number of hydrogen-bond donors (Lipinski definition) is 1. The van der Waals surface area contributed by atoms with Crippen molar-refractivity contribution in [3.63, 3.8) is 0 Å². The van der Waals surface area contributed by atoms with Crippen molar-refractivity contribution < 1.29 is 28.6 Å². The smallest absolute Gasteiger partial charge is 0.337 e. The van der Waals surface area contributed by atoms with Gasteiger partial charge in [0.15, 0.2) is 11.5 Å². The van der Waals surface area contributed by atoms with Crippen molar-refractivity contribution in [2.24, 2.45) is 0 Å². The monoisotopic (exact) mass is 452 g/mol. The molecule has 1 aromatic carbocycles. The predicted octanol–water partition coefficient (Wildman–Crippen LogP) is 3.44. The third-order valence-corrected chi connectivity index (χ3v) is 6.27. The standard InChI is InChI=1S/C25H28N2O6/c1-16-6-11-19(33-16)22(28)20-21(17-7-9-18(10-8-17)25(31)32-2)27(24(30)23(20)29)15-14-26-12-4-3-5-13-26/h6-11,21,29H,3-5,12-15H2,1-2H3. The lowest BCUT2D eigenvalue weighted by atomic mass is 9.94. The van der Waals surface area contributed by atoms with E-state index < -0.39 is 29.5 Å². The largest absolute Gasteiger partial charge is 0.503 e. The Balaban J connectivity index is 1.67. The van der Waals surface area contributed by atoms with Gasteiger partial charge >= 0.3 is 5.97 Å². The van der Waals surface area contributed by atoms with Crippen LogP contribution in [-0.4, -0.2) is 65.9 Å². The van der Waals surface area contributed by atoms with E-state index in [1.807, 2.05) is 0 Å². The van der Waals surface area contributed by atoms with Crippen LogP contribution in [0.5, 0.6) is 0 Å². The lowest BCUT2D eigenvalue weighted by Gasteiger charge is -2.31. The van der Waals surface area contributed by atoms with Crippen molar-refractivity contribution in [3.05, 3.63) is 70.4 Å². The van der Waals surface area contributed by atoms with E-state index in [4.69, 9.17) is 9.15 Å². The molecule has 3 heterocycles. The highest BCUT2D eigenvalue weighted by atomic mass is 16.5. The van der Waals surface area contributed by atoms with E-state index >= 15 is 0 Å². The number of hydrogen-bond acceptors (Lipinski definition) is 7. The maximum absolute atomic E-state index is 13.3. The highest BCUT2D eigenvalue weighted by Crippen LogP contribution is 2.39. The van der Waals surface area contributed by atoms with E-state index in [0.717, 1.165) is 25.9 Å². The number of carbonyl (C=O) groups is 3. The minimum absolute atomic E-state index is 0.0150. The Hall–Kier alpha value is -3.39. The van der Waals surface area contributed by atoms with Gasteiger partial charge in [-0.25, -0.2) is 4.79 Å². The molecule has 0 spiro atoms. The lowest BCUT2D eigenvalue weighted by Crippen LogP contribution is -2.40. The number of aliphatic hydroxyl groups is 1. The van der Waals surface area contributed by atoms with Crippen molar-refractivity contribution in [2.75, 3.05) is 33.3 Å². The van der Waals surface area contributed by atoms with Crippen molar-refractivity contribution in [1.82, 2.24) is 9.80 Å². The molecular formula is C25H28N2O6. The number of aryl methyl sites for hydroxylation is 1. The van der Waals surface area contributed by atoms with Crippen LogP contribution >= 0.6 is 0 Å². The summed E-state index contributed by atoms with van der Waals surface area (Å²) in [5, 5.41) is 10.8. The second-order valence-electron chi connectivity index (χ2n) is 8.42. The van der Waals surface area contributed by atoms with Gasteiger partial charge in [0.25, 0.3) is 5.91 Å². The van der Waals surface area contributed by atoms with Gasteiger partial charge in [0, 0.05) is 13.1 Å². The Morgan fingerprint density at radius 3 is 2.36 bits per heavy atom. The normalized spacial score (nSPS) is 19.3. The molecule has 174 valence electrons. The highest BCUT2D eigenvalue weighted by molar-refractivity contribution is 6.15. The Kier molecular flexibility index (Phi) is 6.65. The van der Waals surface area contributed by atoms with Crippen LogP contribution in [0.25, 0.3) is 0 Å². The Morgan fingerprint density at radius 2 is 1.76 bits per heavy atom. The van der Waals surface area contributed by atoms with Gasteiger partial charge in [-0.05, 0) is 62.7 Å². The number of rotatable bonds is 7. The van der Waals surface area contributed by atoms with E-state index in [1.54, 1.807) is 37.3 Å². The molecule has 0 aliphatic carbocycles. The van der Waals surface area contributed by atoms with Gasteiger partial charge in [-0.1, -0.05) is 18.6 Å². The summed E-state index contributed by atoms with van der Waals surface area (Å²) in [6.07, 6.45) is 3.45. The van der Waals surface area contributed by atoms with Gasteiger partial charge in [-0.3, -0.25) is 9.59 Å². The quantitative estimate of drug-likeness (QED) is 0.507. The number of ether oxygens (including phenoxy) is 1. The summed E-state index contributed by atoms with van der Waals surface area (Å²) in [7, 11) is 1.30. The van der Waals surface area contributed by atoms with Crippen LogP contribution in [0.4, 0.5) is 0 Å². The van der Waals surface area contributed by atoms with Crippen LogP contribution in [-0.2, 0) is 9.53 Å². The summed E-state index contributed by atoms with van der Waals surface area (Å²) in [5.41, 5.74) is 0.956. The zero-order valence-corrected chi connectivity index (χ0v) is 18.9. The van der Waals surface area contributed by atoms with E-state index in [0.29, 0.717) is 30.0 Å². The number of piperidine rings is 1. The number of nitrogens with zero attached hydrogens (tertiary/aromatic N) is 2. The molecule has 1 saturated heterocycles. The van der Waals surface area contributed by atoms with Gasteiger partial charge in [0.1, 0.15) is 5.76 Å². The topological polar surface area (TPSA) is 100 Å². The second kappa shape index (κ2) is 9.62. The minimum atomic E-state index is -0.785. The highest BCUT2D eigenvalue weighted by Gasteiger charge is 2.44. The van der Waals surface area contributed by atoms with Gasteiger partial charge in [-0.15, -0.1) is 0 Å². The van der Waals surface area contributed by atoms with E-state index in [-0.39, 0.29) is 11.3 Å². The second-order valence-corrected chi connectivity index (χ2v) is 8.42. The first-order chi connectivity index (χ1) is 15.9. The summed E-state index contributed by atoms with van der Waals surface area (Å²) in [5.74, 6) is -1.53. The molecule has 0 bridgehead atoms. The van der Waals surface area contributed by atoms with Crippen molar-refractivity contribution in [3.8, 4) is 0 Å². The van der Waals surface area contributed by atoms with Crippen molar-refractivity contribution in [1.29, 1.82) is 0 Å². The maximum Gasteiger partial charge on any atom is 0.337 e. The van der Waals surface area contributed by atoms with Crippen molar-refractivity contribution in [2.45, 2.75) is 32.2 Å². The van der Waals surface area contributed by atoms with Crippen LogP contribution in [0.1, 0.15) is 57.5 Å². The fraction of sp³-hybridized carbons (Fsp3) is 0.400. The number of aliphatic hydroxyl groups excluding tert-OH is 1. The molecule has 0 saturated carbocycles. The molecule has 1 atom stereocenters. The lowest BCUT2D eigenvalue weighted by molar-refractivity contribution is -0.129. The number of esters is 1. The first kappa shape index (κ1) is 22.8. The molecule has 33 heavy (non-hydrogen) atoms. The minimum Gasteiger partial charge on any atom is -0.503 e. The van der Waals surface area contributed by atoms with Gasteiger partial charge < -0.3 is 24.1 Å². The van der Waals surface area contributed by atoms with E-state index in [9.17, 15) is 19.5 Å². The van der Waals surface area contributed by atoms with Crippen LogP contribution in [0.3, 0.4) is 0 Å². The van der Waals surface area contributed by atoms with Gasteiger partial charge in [0.2, 0.25) is 5.78 Å². The predicted molar refractivity (Wildman–Crippen MR) is 120 cm³/mol. The molecule has 1 unspecified atom stereocenters. The summed E-state index contributed by atoms with van der Waals surface area (Å²) in [4.78, 5) is 42.0. The molecule has 8 nitrogen and oxygen atoms in total. The summed E-state index contributed by atoms with van der Waals surface area (Å²) < 4.78 is 10.2. The molecule has 8 heteroatoms. The number of amides is 1. The van der Waals surface area contributed by atoms with Gasteiger partial charge in [0.05, 0.1) is 24.3 Å². The Bertz CT molecular complexity index is 1080. The number of ketones is 1. The zero-order valence-electron chi connectivity index (χ0n) is 18.9. The number of furan rings is 1. The summed E-state index contributed by atoms with van der Waals surface area (Å²) in [6.45, 7) is 4.67. The average Bonchev–Trinajstić information content (AvgIpc) is 3.38. The summed E-state index contributed by atoms with van der Waals surface area (Å²) in [6, 6.07) is 8.94. The molecule has 2 aliphatic heterocycles. The molecule has 1 N–H and O–H groups in total. The number of likely N-dealkylation sites (tertiary alicyclic amines) is 1. The zero-order chi connectivity index (χ0) is 23.5. The number of Topliss-reactive ketones (excluding diaryl/α,β-unsaturated/α-hetero) is 1. The van der Waals surface area contributed by atoms with E-state index in [1.165, 1.54) is 24.5 Å². The maximum atomic E-state index is 13.3. The Morgan fingerprint density at radius 1 is 1.06 bits per heavy atom. The van der Waals surface area contributed by atoms with Crippen LogP contribution in [0, 0.1) is 6.92 Å². The third-order valence-electron chi connectivity index (χ3n) is 6.27. The first-order valence-corrected chi connectivity index (χ1v) is 11.2. The molecular weight excluding hydrogens is 424 g/mol. The fourth-order valence-electron chi connectivity index (χ4n) is 4.50. The van der Waals surface area contributed by atoms with Crippen molar-refractivity contribution >= 4 is 17.7 Å². The van der Waals surface area contributed by atoms with E-state index in [2.05, 4.69) is 4.90 Å². The SMILES string of the molecule is COC(=O)c1ccc(C2C(C(=O)c3ccc(C)o3)=C(O)C(=O)N2CCN2CCCCC2)cc1. The molecule has 1 amide bonds.